The Bertz CT molecular complexity index is 428. The van der Waals surface area contributed by atoms with E-state index in [4.69, 9.17) is 15.9 Å². The molecular weight excluding hydrogens is 240 g/mol. The molecule has 0 amide bonds. The van der Waals surface area contributed by atoms with Crippen molar-refractivity contribution in [3.63, 3.8) is 0 Å². The first-order valence-electron chi connectivity index (χ1n) is 5.43. The molecular formula is C12H17F2N3O. The minimum atomic E-state index is -0.745. The van der Waals surface area contributed by atoms with Gasteiger partial charge in [-0.1, -0.05) is 0 Å². The second-order valence-electron chi connectivity index (χ2n) is 4.12. The number of likely N-dealkylation sites (N-methyl/N-ethyl adjacent to an activating group) is 1. The summed E-state index contributed by atoms with van der Waals surface area (Å²) in [5, 5.41) is 7.17. The fraction of sp³-hybridized carbons (Fsp3) is 0.417. The van der Waals surface area contributed by atoms with Crippen molar-refractivity contribution >= 4 is 11.5 Å². The van der Waals surface area contributed by atoms with E-state index in [0.29, 0.717) is 6.61 Å². The molecule has 3 N–H and O–H groups in total. The molecule has 4 nitrogen and oxygen atoms in total. The summed E-state index contributed by atoms with van der Waals surface area (Å²) in [6.45, 7) is 2.14. The Morgan fingerprint density at radius 3 is 2.33 bits per heavy atom. The summed E-state index contributed by atoms with van der Waals surface area (Å²) in [5.74, 6) is -1.86. The number of methoxy groups -OCH3 is 1. The van der Waals surface area contributed by atoms with Gasteiger partial charge in [-0.2, -0.15) is 0 Å². The third kappa shape index (κ3) is 2.95. The van der Waals surface area contributed by atoms with Crippen molar-refractivity contribution in [1.29, 1.82) is 5.41 Å². The number of anilines is 1. The predicted molar refractivity (Wildman–Crippen MR) is 67.1 cm³/mol. The van der Waals surface area contributed by atoms with Crippen LogP contribution in [0.15, 0.2) is 12.1 Å². The highest BCUT2D eigenvalue weighted by Crippen LogP contribution is 2.25. The van der Waals surface area contributed by atoms with Crippen LogP contribution in [0, 0.1) is 17.0 Å². The molecule has 0 fully saturated rings. The van der Waals surface area contributed by atoms with Gasteiger partial charge in [0.15, 0.2) is 0 Å². The molecule has 0 heterocycles. The summed E-state index contributed by atoms with van der Waals surface area (Å²) >= 11 is 0. The van der Waals surface area contributed by atoms with Crippen molar-refractivity contribution in [1.82, 2.24) is 0 Å². The molecule has 1 aromatic rings. The maximum absolute atomic E-state index is 13.8. The van der Waals surface area contributed by atoms with Crippen LogP contribution < -0.4 is 10.6 Å². The number of nitrogens with one attached hydrogen (secondary N) is 1. The van der Waals surface area contributed by atoms with Gasteiger partial charge in [-0.25, -0.2) is 8.78 Å². The van der Waals surface area contributed by atoms with E-state index in [9.17, 15) is 8.78 Å². The van der Waals surface area contributed by atoms with Crippen molar-refractivity contribution in [2.75, 3.05) is 25.7 Å². The van der Waals surface area contributed by atoms with Crippen LogP contribution in [-0.4, -0.2) is 32.6 Å². The molecule has 1 aromatic carbocycles. The first-order chi connectivity index (χ1) is 8.38. The van der Waals surface area contributed by atoms with Gasteiger partial charge >= 0.3 is 0 Å². The number of halogens is 2. The van der Waals surface area contributed by atoms with Gasteiger partial charge in [-0.3, -0.25) is 5.41 Å². The SMILES string of the molecule is COCC(C)N(C)c1c(F)cc(C(=N)N)cc1F. The Hall–Kier alpha value is -1.69. The van der Waals surface area contributed by atoms with E-state index in [1.807, 2.05) is 0 Å². The molecule has 0 saturated heterocycles. The lowest BCUT2D eigenvalue weighted by atomic mass is 10.1. The van der Waals surface area contributed by atoms with Crippen LogP contribution >= 0.6 is 0 Å². The lowest BCUT2D eigenvalue weighted by Gasteiger charge is -2.27. The van der Waals surface area contributed by atoms with E-state index in [1.165, 1.54) is 12.0 Å². The van der Waals surface area contributed by atoms with Gasteiger partial charge in [0.05, 0.1) is 6.61 Å². The van der Waals surface area contributed by atoms with E-state index in [1.54, 1.807) is 14.0 Å². The Labute approximate surface area is 105 Å². The molecule has 0 saturated carbocycles. The first-order valence-corrected chi connectivity index (χ1v) is 5.43. The average Bonchev–Trinajstić information content (AvgIpc) is 2.27. The Balaban J connectivity index is 3.13. The van der Waals surface area contributed by atoms with E-state index >= 15 is 0 Å². The Kier molecular flexibility index (Phi) is 4.61. The standard InChI is InChI=1S/C12H17F2N3O/c1-7(6-18-3)17(2)11-9(13)4-8(12(15)16)5-10(11)14/h4-5,7H,6H2,1-3H3,(H3,15,16). The molecule has 1 atom stereocenters. The van der Waals surface area contributed by atoms with Gasteiger partial charge in [0.25, 0.3) is 0 Å². The number of benzene rings is 1. The number of nitrogen functional groups attached to an aromatic ring is 1. The van der Waals surface area contributed by atoms with Crippen LogP contribution in [0.5, 0.6) is 0 Å². The number of nitrogens with two attached hydrogens (primary N) is 1. The summed E-state index contributed by atoms with van der Waals surface area (Å²) < 4.78 is 32.6. The maximum Gasteiger partial charge on any atom is 0.150 e. The van der Waals surface area contributed by atoms with Crippen LogP contribution in [0.1, 0.15) is 12.5 Å². The van der Waals surface area contributed by atoms with Crippen molar-refractivity contribution < 1.29 is 13.5 Å². The Morgan fingerprint density at radius 2 is 1.94 bits per heavy atom. The topological polar surface area (TPSA) is 62.3 Å². The highest BCUT2D eigenvalue weighted by Gasteiger charge is 2.19. The number of ether oxygens (including phenoxy) is 1. The maximum atomic E-state index is 13.8. The molecule has 100 valence electrons. The zero-order valence-electron chi connectivity index (χ0n) is 10.6. The minimum absolute atomic E-state index is 0.0292. The quantitative estimate of drug-likeness (QED) is 0.623. The van der Waals surface area contributed by atoms with Crippen LogP contribution in [0.3, 0.4) is 0 Å². The molecule has 0 radical (unpaired) electrons. The van der Waals surface area contributed by atoms with Crippen molar-refractivity contribution in [2.24, 2.45) is 5.73 Å². The van der Waals surface area contributed by atoms with E-state index in [-0.39, 0.29) is 23.1 Å². The lowest BCUT2D eigenvalue weighted by Crippen LogP contribution is -2.34. The Morgan fingerprint density at radius 1 is 1.44 bits per heavy atom. The molecule has 18 heavy (non-hydrogen) atoms. The van der Waals surface area contributed by atoms with Gasteiger partial charge in [0, 0.05) is 25.8 Å². The highest BCUT2D eigenvalue weighted by molar-refractivity contribution is 5.95. The monoisotopic (exact) mass is 257 g/mol. The van der Waals surface area contributed by atoms with Crippen molar-refractivity contribution in [2.45, 2.75) is 13.0 Å². The third-order valence-corrected chi connectivity index (χ3v) is 2.75. The second-order valence-corrected chi connectivity index (χ2v) is 4.12. The fourth-order valence-electron chi connectivity index (χ4n) is 1.63. The summed E-state index contributed by atoms with van der Waals surface area (Å²) in [7, 11) is 3.11. The third-order valence-electron chi connectivity index (χ3n) is 2.75. The number of rotatable bonds is 5. The fourth-order valence-corrected chi connectivity index (χ4v) is 1.63. The smallest absolute Gasteiger partial charge is 0.150 e. The van der Waals surface area contributed by atoms with Crippen LogP contribution in [-0.2, 0) is 4.74 Å². The summed E-state index contributed by atoms with van der Waals surface area (Å²) in [6, 6.07) is 1.93. The predicted octanol–water partition coefficient (Wildman–Crippen LogP) is 1.72. The normalized spacial score (nSPS) is 12.3. The number of nitrogens with zero attached hydrogens (tertiary/aromatic N) is 1. The van der Waals surface area contributed by atoms with E-state index < -0.39 is 11.6 Å². The summed E-state index contributed by atoms with van der Waals surface area (Å²) in [6.07, 6.45) is 0. The first kappa shape index (κ1) is 14.4. The molecule has 1 rings (SSSR count). The molecule has 0 aliphatic carbocycles. The number of hydrogen-bond donors (Lipinski definition) is 2. The van der Waals surface area contributed by atoms with Gasteiger partial charge in [-0.15, -0.1) is 0 Å². The van der Waals surface area contributed by atoms with Crippen molar-refractivity contribution in [3.05, 3.63) is 29.3 Å². The number of hydrogen-bond acceptors (Lipinski definition) is 3. The van der Waals surface area contributed by atoms with E-state index in [0.717, 1.165) is 12.1 Å². The molecule has 0 aromatic heterocycles. The zero-order valence-corrected chi connectivity index (χ0v) is 10.6. The van der Waals surface area contributed by atoms with Gasteiger partial charge in [0.2, 0.25) is 0 Å². The molecule has 0 bridgehead atoms. The van der Waals surface area contributed by atoms with E-state index in [2.05, 4.69) is 0 Å². The average molecular weight is 257 g/mol. The molecule has 1 unspecified atom stereocenters. The molecule has 0 spiro atoms. The highest BCUT2D eigenvalue weighted by atomic mass is 19.1. The summed E-state index contributed by atoms with van der Waals surface area (Å²) in [4.78, 5) is 1.46. The lowest BCUT2D eigenvalue weighted by molar-refractivity contribution is 0.183. The van der Waals surface area contributed by atoms with Crippen LogP contribution in [0.4, 0.5) is 14.5 Å². The van der Waals surface area contributed by atoms with Crippen LogP contribution in [0.25, 0.3) is 0 Å². The number of amidine groups is 1. The molecule has 0 aliphatic rings. The van der Waals surface area contributed by atoms with Crippen LogP contribution in [0.2, 0.25) is 0 Å². The van der Waals surface area contributed by atoms with Crippen molar-refractivity contribution in [3.8, 4) is 0 Å². The van der Waals surface area contributed by atoms with Gasteiger partial charge in [-0.05, 0) is 19.1 Å². The molecule has 6 heteroatoms. The van der Waals surface area contributed by atoms with Gasteiger partial charge in [0.1, 0.15) is 23.2 Å². The second kappa shape index (κ2) is 5.77. The minimum Gasteiger partial charge on any atom is -0.384 e. The van der Waals surface area contributed by atoms with Gasteiger partial charge < -0.3 is 15.4 Å². The molecule has 0 aliphatic heterocycles. The zero-order chi connectivity index (χ0) is 13.9. The largest absolute Gasteiger partial charge is 0.384 e. The summed E-state index contributed by atoms with van der Waals surface area (Å²) in [5.41, 5.74) is 5.08.